The lowest BCUT2D eigenvalue weighted by atomic mass is 10.0. The molecule has 0 aliphatic heterocycles. The number of aryl methyl sites for hydroxylation is 1. The first-order valence-corrected chi connectivity index (χ1v) is 13.0. The molecule has 0 radical (unpaired) electrons. The summed E-state index contributed by atoms with van der Waals surface area (Å²) < 4.78 is 5.69. The number of ketones is 1. The number of nitrogens with one attached hydrogen (secondary N) is 1. The Hall–Kier alpha value is -3.32. The molecule has 0 spiro atoms. The summed E-state index contributed by atoms with van der Waals surface area (Å²) in [7, 11) is 0. The van der Waals surface area contributed by atoms with Gasteiger partial charge in [-0.25, -0.2) is 0 Å². The number of aromatic nitrogens is 2. The van der Waals surface area contributed by atoms with Gasteiger partial charge in [-0.15, -0.1) is 10.2 Å². The first-order chi connectivity index (χ1) is 17.2. The van der Waals surface area contributed by atoms with E-state index in [0.717, 1.165) is 54.8 Å². The van der Waals surface area contributed by atoms with Crippen molar-refractivity contribution >= 4 is 23.0 Å². The van der Waals surface area contributed by atoms with Gasteiger partial charge in [0, 0.05) is 12.0 Å². The molecule has 0 aliphatic rings. The van der Waals surface area contributed by atoms with Crippen LogP contribution >= 0.6 is 11.3 Å². The maximum absolute atomic E-state index is 12.1. The van der Waals surface area contributed by atoms with Gasteiger partial charge in [-0.2, -0.15) is 0 Å². The van der Waals surface area contributed by atoms with Crippen molar-refractivity contribution in [2.75, 3.05) is 6.61 Å². The molecular weight excluding hydrogens is 458 g/mol. The average Bonchev–Trinajstić information content (AvgIpc) is 3.37. The fraction of sp³-hybridized carbons (Fsp3) is 0.357. The van der Waals surface area contributed by atoms with Crippen LogP contribution in [-0.2, 0) is 22.6 Å². The van der Waals surface area contributed by atoms with E-state index in [1.807, 2.05) is 43.3 Å². The maximum Gasteiger partial charge on any atom is 0.287 e. The number of allylic oxidation sites excluding steroid dienone is 1. The minimum atomic E-state index is -0.551. The minimum Gasteiger partial charge on any atom is -0.493 e. The Bertz CT molecular complexity index is 1080. The van der Waals surface area contributed by atoms with Crippen molar-refractivity contribution in [3.8, 4) is 16.3 Å². The zero-order chi connectivity index (χ0) is 24.7. The number of ether oxygens (including phenoxy) is 1. The molecule has 0 fully saturated rings. The molecule has 1 N–H and O–H groups in total. The molecule has 3 rings (SSSR count). The van der Waals surface area contributed by atoms with E-state index in [-0.39, 0.29) is 18.7 Å². The van der Waals surface area contributed by atoms with E-state index in [9.17, 15) is 9.59 Å². The van der Waals surface area contributed by atoms with Crippen LogP contribution < -0.4 is 10.1 Å². The average molecular weight is 492 g/mol. The van der Waals surface area contributed by atoms with Crippen LogP contribution in [0.5, 0.6) is 5.75 Å². The SMILES string of the molecule is C/C=C\CCOc1ccc(-c2nnc(CNC(=O)C(=O)CCCCCCc3ccccc3)s2)cc1. The molecule has 184 valence electrons. The summed E-state index contributed by atoms with van der Waals surface area (Å²) in [4.78, 5) is 24.3. The van der Waals surface area contributed by atoms with Gasteiger partial charge in [-0.3, -0.25) is 9.59 Å². The Morgan fingerprint density at radius 2 is 1.74 bits per heavy atom. The molecule has 0 aliphatic carbocycles. The number of carbonyl (C=O) groups is 2. The lowest BCUT2D eigenvalue weighted by molar-refractivity contribution is -0.138. The van der Waals surface area contributed by atoms with E-state index in [4.69, 9.17) is 4.74 Å². The van der Waals surface area contributed by atoms with Gasteiger partial charge in [0.25, 0.3) is 5.91 Å². The molecule has 35 heavy (non-hydrogen) atoms. The van der Waals surface area contributed by atoms with Crippen molar-refractivity contribution in [1.82, 2.24) is 15.5 Å². The predicted molar refractivity (Wildman–Crippen MR) is 140 cm³/mol. The second kappa shape index (κ2) is 14.8. The Labute approximate surface area is 211 Å². The second-order valence-electron chi connectivity index (χ2n) is 8.24. The van der Waals surface area contributed by atoms with Gasteiger partial charge in [0.1, 0.15) is 15.8 Å². The van der Waals surface area contributed by atoms with Crippen molar-refractivity contribution in [3.05, 3.63) is 77.3 Å². The summed E-state index contributed by atoms with van der Waals surface area (Å²) in [6.07, 6.45) is 10.1. The molecule has 0 atom stereocenters. The van der Waals surface area contributed by atoms with E-state index in [1.165, 1.54) is 16.9 Å². The molecular formula is C28H33N3O3S. The third-order valence-electron chi connectivity index (χ3n) is 5.47. The zero-order valence-electron chi connectivity index (χ0n) is 20.2. The minimum absolute atomic E-state index is 0.200. The third kappa shape index (κ3) is 9.45. The van der Waals surface area contributed by atoms with Gasteiger partial charge in [0.05, 0.1) is 13.2 Å². The van der Waals surface area contributed by atoms with Crippen molar-refractivity contribution < 1.29 is 14.3 Å². The molecule has 7 heteroatoms. The lowest BCUT2D eigenvalue weighted by Gasteiger charge is -2.04. The number of hydrogen-bond acceptors (Lipinski definition) is 6. The standard InChI is InChI=1S/C28H33N3O3S/c1-2-3-11-20-34-24-18-16-23(17-19-24)28-31-30-26(35-28)21-29-27(33)25(32)15-10-5-4-7-12-22-13-8-6-9-14-22/h2-3,6,8-9,13-14,16-19H,4-5,7,10-12,15,20-21H2,1H3,(H,29,33)/b3-2-. The largest absolute Gasteiger partial charge is 0.493 e. The number of unbranched alkanes of at least 4 members (excludes halogenated alkanes) is 3. The van der Waals surface area contributed by atoms with Crippen LogP contribution in [-0.4, -0.2) is 28.5 Å². The molecule has 0 bridgehead atoms. The molecule has 0 unspecified atom stereocenters. The van der Waals surface area contributed by atoms with Gasteiger partial charge >= 0.3 is 0 Å². The quantitative estimate of drug-likeness (QED) is 0.162. The summed E-state index contributed by atoms with van der Waals surface area (Å²) in [5.74, 6) is -0.113. The summed E-state index contributed by atoms with van der Waals surface area (Å²) in [5, 5.41) is 12.4. The first kappa shape index (κ1) is 26.3. The van der Waals surface area contributed by atoms with E-state index in [0.29, 0.717) is 11.6 Å². The number of Topliss-reactive ketones (excluding diaryl/α,β-unsaturated/α-hetero) is 1. The molecule has 1 heterocycles. The van der Waals surface area contributed by atoms with E-state index in [1.54, 1.807) is 0 Å². The molecule has 1 aromatic heterocycles. The zero-order valence-corrected chi connectivity index (χ0v) is 21.1. The normalized spacial score (nSPS) is 11.0. The van der Waals surface area contributed by atoms with Crippen molar-refractivity contribution in [2.24, 2.45) is 0 Å². The first-order valence-electron chi connectivity index (χ1n) is 12.2. The van der Waals surface area contributed by atoms with Crippen LogP contribution in [0.15, 0.2) is 66.7 Å². The topological polar surface area (TPSA) is 81.2 Å². The van der Waals surface area contributed by atoms with Crippen molar-refractivity contribution in [1.29, 1.82) is 0 Å². The van der Waals surface area contributed by atoms with Gasteiger partial charge in [-0.1, -0.05) is 66.7 Å². The van der Waals surface area contributed by atoms with Gasteiger partial charge in [0.15, 0.2) is 0 Å². The number of rotatable bonds is 15. The number of carbonyl (C=O) groups excluding carboxylic acids is 2. The van der Waals surface area contributed by atoms with Crippen molar-refractivity contribution in [2.45, 2.75) is 58.4 Å². The molecule has 2 aromatic carbocycles. The summed E-state index contributed by atoms with van der Waals surface area (Å²) >= 11 is 1.40. The van der Waals surface area contributed by atoms with E-state index in [2.05, 4.69) is 45.9 Å². The van der Waals surface area contributed by atoms with Crippen LogP contribution in [0.3, 0.4) is 0 Å². The maximum atomic E-state index is 12.1. The van der Waals surface area contributed by atoms with Crippen LogP contribution in [0.4, 0.5) is 0 Å². The number of benzene rings is 2. The Morgan fingerprint density at radius 1 is 0.971 bits per heavy atom. The summed E-state index contributed by atoms with van der Waals surface area (Å²) in [6, 6.07) is 18.1. The highest BCUT2D eigenvalue weighted by Crippen LogP contribution is 2.25. The van der Waals surface area contributed by atoms with Gasteiger partial charge < -0.3 is 10.1 Å². The van der Waals surface area contributed by atoms with Crippen LogP contribution in [0, 0.1) is 0 Å². The number of hydrogen-bond donors (Lipinski definition) is 1. The fourth-order valence-electron chi connectivity index (χ4n) is 3.53. The Balaban J connectivity index is 1.32. The summed E-state index contributed by atoms with van der Waals surface area (Å²) in [5.41, 5.74) is 2.27. The molecule has 0 saturated carbocycles. The summed E-state index contributed by atoms with van der Waals surface area (Å²) in [6.45, 7) is 2.83. The van der Waals surface area contributed by atoms with E-state index >= 15 is 0 Å². The van der Waals surface area contributed by atoms with E-state index < -0.39 is 5.91 Å². The van der Waals surface area contributed by atoms with Crippen LogP contribution in [0.2, 0.25) is 0 Å². The third-order valence-corrected chi connectivity index (χ3v) is 6.44. The number of amides is 1. The fourth-order valence-corrected chi connectivity index (χ4v) is 4.31. The highest BCUT2D eigenvalue weighted by Gasteiger charge is 2.14. The number of nitrogens with zero attached hydrogens (tertiary/aromatic N) is 2. The van der Waals surface area contributed by atoms with Crippen molar-refractivity contribution in [3.63, 3.8) is 0 Å². The van der Waals surface area contributed by atoms with Crippen LogP contribution in [0.1, 0.15) is 56.0 Å². The van der Waals surface area contributed by atoms with Crippen LogP contribution in [0.25, 0.3) is 10.6 Å². The highest BCUT2D eigenvalue weighted by molar-refractivity contribution is 7.14. The Morgan fingerprint density at radius 3 is 2.51 bits per heavy atom. The Kier molecular flexibility index (Phi) is 11.1. The monoisotopic (exact) mass is 491 g/mol. The second-order valence-corrected chi connectivity index (χ2v) is 9.30. The smallest absolute Gasteiger partial charge is 0.287 e. The predicted octanol–water partition coefficient (Wildman–Crippen LogP) is 5.93. The highest BCUT2D eigenvalue weighted by atomic mass is 32.1. The van der Waals surface area contributed by atoms with Gasteiger partial charge in [0.2, 0.25) is 5.78 Å². The van der Waals surface area contributed by atoms with Gasteiger partial charge in [-0.05, 0) is 62.4 Å². The lowest BCUT2D eigenvalue weighted by Crippen LogP contribution is -2.30. The molecule has 3 aromatic rings. The molecule has 1 amide bonds. The molecule has 6 nitrogen and oxygen atoms in total. The molecule has 0 saturated heterocycles.